The van der Waals surface area contributed by atoms with E-state index in [0.717, 1.165) is 4.90 Å². The van der Waals surface area contributed by atoms with Gasteiger partial charge in [0.25, 0.3) is 15.9 Å². The van der Waals surface area contributed by atoms with Crippen LogP contribution in [0.15, 0.2) is 119 Å². The molecule has 0 aliphatic rings. The number of hydrogen-bond acceptors (Lipinski definition) is 10. The zero-order valence-corrected chi connectivity index (χ0v) is 26.5. The first kappa shape index (κ1) is 32.1. The third kappa shape index (κ3) is 8.46. The number of carbonyl (C=O) groups excluding carboxylic acids is 1. The van der Waals surface area contributed by atoms with Crippen molar-refractivity contribution in [2.75, 3.05) is 36.6 Å². The fraction of sp³-hybridized carbons (Fsp3) is 0.121. The summed E-state index contributed by atoms with van der Waals surface area (Å²) in [6.07, 6.45) is 4.99. The third-order valence-electron chi connectivity index (χ3n) is 6.34. The molecule has 236 valence electrons. The smallest absolute Gasteiger partial charge is 0.316 e. The Morgan fingerprint density at radius 3 is 2.26 bits per heavy atom. The summed E-state index contributed by atoms with van der Waals surface area (Å²) in [5.41, 5.74) is 0.637. The molecule has 11 nitrogen and oxygen atoms in total. The highest BCUT2D eigenvalue weighted by atomic mass is 32.2. The average molecular weight is 659 g/mol. The standard InChI is InChI=1S/C33H30N4O7S2/c1-41-25-10-6-11-26(22-25)44-31-29(37-46(39,40)28-14-12-27(45-2)13-15-28)20-23(32(38)36-24-8-4-3-5-9-24)21-30(31)42-18-19-43-33-34-16-7-17-35-33/h3-17,20-22,37H,18-19H2,1-2H3,(H,36,38). The van der Waals surface area contributed by atoms with Crippen LogP contribution in [0.5, 0.6) is 29.0 Å². The number of benzene rings is 4. The summed E-state index contributed by atoms with van der Waals surface area (Å²) in [6, 6.07) is 26.8. The van der Waals surface area contributed by atoms with Gasteiger partial charge in [0, 0.05) is 34.6 Å². The van der Waals surface area contributed by atoms with Gasteiger partial charge in [0.05, 0.1) is 17.7 Å². The van der Waals surface area contributed by atoms with E-state index in [-0.39, 0.29) is 46.9 Å². The van der Waals surface area contributed by atoms with Crippen LogP contribution in [0, 0.1) is 0 Å². The van der Waals surface area contributed by atoms with E-state index in [1.807, 2.05) is 12.3 Å². The number of aromatic nitrogens is 2. The summed E-state index contributed by atoms with van der Waals surface area (Å²) in [7, 11) is -2.62. The molecule has 0 fully saturated rings. The number of methoxy groups -OCH3 is 1. The van der Waals surface area contributed by atoms with Crippen LogP contribution >= 0.6 is 11.8 Å². The molecule has 0 unspecified atom stereocenters. The predicted molar refractivity (Wildman–Crippen MR) is 176 cm³/mol. The van der Waals surface area contributed by atoms with E-state index in [0.29, 0.717) is 17.2 Å². The maximum absolute atomic E-state index is 13.6. The molecule has 5 aromatic rings. The van der Waals surface area contributed by atoms with Gasteiger partial charge in [0.15, 0.2) is 11.5 Å². The van der Waals surface area contributed by atoms with E-state index >= 15 is 0 Å². The van der Waals surface area contributed by atoms with Crippen LogP contribution < -0.4 is 29.0 Å². The molecule has 0 radical (unpaired) electrons. The minimum Gasteiger partial charge on any atom is -0.497 e. The molecule has 0 saturated heterocycles. The zero-order valence-electron chi connectivity index (χ0n) is 24.9. The molecule has 13 heteroatoms. The van der Waals surface area contributed by atoms with Crippen LogP contribution in [-0.2, 0) is 10.0 Å². The van der Waals surface area contributed by atoms with Gasteiger partial charge in [0.2, 0.25) is 0 Å². The number of thioether (sulfide) groups is 1. The van der Waals surface area contributed by atoms with Crippen LogP contribution in [0.1, 0.15) is 10.4 Å². The minimum absolute atomic E-state index is 0.0151. The summed E-state index contributed by atoms with van der Waals surface area (Å²) in [5.74, 6) is 0.458. The SMILES string of the molecule is COc1cccc(Oc2c(NS(=O)(=O)c3ccc(SC)cc3)cc(C(=O)Nc3ccccc3)cc2OCCOc2ncccn2)c1. The maximum Gasteiger partial charge on any atom is 0.316 e. The van der Waals surface area contributed by atoms with Crippen LogP contribution in [0.25, 0.3) is 0 Å². The number of anilines is 2. The van der Waals surface area contributed by atoms with Gasteiger partial charge in [-0.1, -0.05) is 24.3 Å². The fourth-order valence-electron chi connectivity index (χ4n) is 4.13. The van der Waals surface area contributed by atoms with E-state index in [2.05, 4.69) is 20.0 Å². The maximum atomic E-state index is 13.6. The lowest BCUT2D eigenvalue weighted by atomic mass is 10.1. The molecule has 0 saturated carbocycles. The minimum atomic E-state index is -4.14. The summed E-state index contributed by atoms with van der Waals surface area (Å²) in [6.45, 7) is 0.0325. The number of nitrogens with zero attached hydrogens (tertiary/aromatic N) is 2. The van der Waals surface area contributed by atoms with Crippen LogP contribution in [0.4, 0.5) is 11.4 Å². The molecule has 46 heavy (non-hydrogen) atoms. The van der Waals surface area contributed by atoms with E-state index in [1.54, 1.807) is 79.1 Å². The van der Waals surface area contributed by atoms with Crippen LogP contribution in [0.2, 0.25) is 0 Å². The number of sulfonamides is 1. The Morgan fingerprint density at radius 1 is 0.826 bits per heavy atom. The molecular formula is C33H30N4O7S2. The van der Waals surface area contributed by atoms with Crippen molar-refractivity contribution in [1.29, 1.82) is 0 Å². The Labute approximate surface area is 271 Å². The van der Waals surface area contributed by atoms with Crippen LogP contribution in [0.3, 0.4) is 0 Å². The molecule has 1 heterocycles. The molecule has 0 bridgehead atoms. The van der Waals surface area contributed by atoms with Crippen molar-refractivity contribution >= 4 is 39.1 Å². The molecule has 1 amide bonds. The van der Waals surface area contributed by atoms with E-state index in [1.165, 1.54) is 43.1 Å². The summed E-state index contributed by atoms with van der Waals surface area (Å²) < 4.78 is 53.1. The van der Waals surface area contributed by atoms with Gasteiger partial charge in [-0.05, 0) is 73.0 Å². The molecular weight excluding hydrogens is 629 g/mol. The van der Waals surface area contributed by atoms with E-state index in [9.17, 15) is 13.2 Å². The monoisotopic (exact) mass is 658 g/mol. The Bertz CT molecular complexity index is 1880. The van der Waals surface area contributed by atoms with Crippen molar-refractivity contribution < 1.29 is 32.2 Å². The van der Waals surface area contributed by atoms with Gasteiger partial charge in [-0.15, -0.1) is 11.8 Å². The van der Waals surface area contributed by atoms with Gasteiger partial charge < -0.3 is 24.3 Å². The molecule has 0 spiro atoms. The average Bonchev–Trinajstić information content (AvgIpc) is 3.08. The van der Waals surface area contributed by atoms with Gasteiger partial charge in [0.1, 0.15) is 24.7 Å². The third-order valence-corrected chi connectivity index (χ3v) is 8.46. The molecule has 1 aromatic heterocycles. The number of hydrogen-bond donors (Lipinski definition) is 2. The number of nitrogens with one attached hydrogen (secondary N) is 2. The second kappa shape index (κ2) is 15.1. The Hall–Kier alpha value is -5.27. The highest BCUT2D eigenvalue weighted by molar-refractivity contribution is 7.98. The summed E-state index contributed by atoms with van der Waals surface area (Å²) >= 11 is 1.49. The van der Waals surface area contributed by atoms with Gasteiger partial charge >= 0.3 is 6.01 Å². The Kier molecular flexibility index (Phi) is 10.6. The highest BCUT2D eigenvalue weighted by Gasteiger charge is 2.24. The molecule has 5 rings (SSSR count). The number of para-hydroxylation sites is 1. The van der Waals surface area contributed by atoms with E-state index in [4.69, 9.17) is 18.9 Å². The van der Waals surface area contributed by atoms with E-state index < -0.39 is 15.9 Å². The first-order valence-electron chi connectivity index (χ1n) is 13.9. The van der Waals surface area contributed by atoms with Gasteiger partial charge in [-0.2, -0.15) is 0 Å². The van der Waals surface area contributed by atoms with Crippen molar-refractivity contribution in [2.45, 2.75) is 9.79 Å². The lowest BCUT2D eigenvalue weighted by Crippen LogP contribution is -2.17. The zero-order chi connectivity index (χ0) is 32.4. The molecule has 4 aromatic carbocycles. The van der Waals surface area contributed by atoms with Crippen molar-refractivity contribution in [3.05, 3.63) is 115 Å². The van der Waals surface area contributed by atoms with Gasteiger partial charge in [-0.25, -0.2) is 18.4 Å². The lowest BCUT2D eigenvalue weighted by Gasteiger charge is -2.19. The summed E-state index contributed by atoms with van der Waals surface area (Å²) in [5, 5.41) is 2.82. The van der Waals surface area contributed by atoms with Crippen LogP contribution in [-0.4, -0.2) is 50.9 Å². The molecule has 2 N–H and O–H groups in total. The highest BCUT2D eigenvalue weighted by Crippen LogP contribution is 2.42. The Morgan fingerprint density at radius 2 is 1.54 bits per heavy atom. The number of ether oxygens (including phenoxy) is 4. The second-order valence-corrected chi connectivity index (χ2v) is 12.0. The number of rotatable bonds is 14. The quantitative estimate of drug-likeness (QED) is 0.100. The van der Waals surface area contributed by atoms with Crippen molar-refractivity contribution in [1.82, 2.24) is 9.97 Å². The predicted octanol–water partition coefficient (Wildman–Crippen LogP) is 6.51. The lowest BCUT2D eigenvalue weighted by molar-refractivity contribution is 0.102. The number of carbonyl (C=O) groups is 1. The van der Waals surface area contributed by atoms with Crippen molar-refractivity contribution in [2.24, 2.45) is 0 Å². The molecule has 0 aliphatic carbocycles. The second-order valence-electron chi connectivity index (χ2n) is 9.46. The first-order chi connectivity index (χ1) is 22.3. The fourth-order valence-corrected chi connectivity index (χ4v) is 5.59. The van der Waals surface area contributed by atoms with Crippen molar-refractivity contribution in [3.8, 4) is 29.0 Å². The first-order valence-corrected chi connectivity index (χ1v) is 16.6. The summed E-state index contributed by atoms with van der Waals surface area (Å²) in [4.78, 5) is 22.4. The normalized spacial score (nSPS) is 10.9. The Balaban J connectivity index is 1.55. The number of amides is 1. The largest absolute Gasteiger partial charge is 0.497 e. The molecule has 0 aliphatic heterocycles. The molecule has 0 atom stereocenters. The van der Waals surface area contributed by atoms with Crippen molar-refractivity contribution in [3.63, 3.8) is 0 Å². The topological polar surface area (TPSA) is 138 Å². The van der Waals surface area contributed by atoms with Gasteiger partial charge in [-0.3, -0.25) is 9.52 Å².